The number of rotatable bonds is 14. The maximum Gasteiger partial charge on any atom is 0.305 e. The van der Waals surface area contributed by atoms with E-state index >= 15 is 0 Å². The smallest absolute Gasteiger partial charge is 0.305 e. The third-order valence-electron chi connectivity index (χ3n) is 16.5. The molecule has 284 valence electrons. The summed E-state index contributed by atoms with van der Waals surface area (Å²) in [4.78, 5) is 51.0. The Bertz CT molecular complexity index is 1260. The van der Waals surface area contributed by atoms with E-state index < -0.39 is 5.41 Å². The zero-order valence-corrected chi connectivity index (χ0v) is 33.1. The Balaban J connectivity index is 1.23. The van der Waals surface area contributed by atoms with Crippen molar-refractivity contribution in [2.45, 2.75) is 177 Å². The summed E-state index contributed by atoms with van der Waals surface area (Å²) in [7, 11) is 1.45. The second-order valence-corrected chi connectivity index (χ2v) is 19.0. The maximum absolute atomic E-state index is 14.3. The van der Waals surface area contributed by atoms with Crippen LogP contribution >= 0.6 is 0 Å². The number of Topliss-reactive ketones (excluding diaryl/α,β-unsaturated/α-hetero) is 1. The van der Waals surface area contributed by atoms with Crippen LogP contribution in [0.1, 0.15) is 170 Å². The monoisotopic (exact) mass is 698 g/mol. The van der Waals surface area contributed by atoms with E-state index in [-0.39, 0.29) is 63.2 Å². The molecule has 0 aromatic heterocycles. The van der Waals surface area contributed by atoms with Crippen molar-refractivity contribution in [3.8, 4) is 0 Å². The number of carbonyl (C=O) groups is 4. The minimum absolute atomic E-state index is 0.0110. The summed E-state index contributed by atoms with van der Waals surface area (Å²) in [5.74, 6) is 1.84. The number of amides is 1. The van der Waals surface area contributed by atoms with E-state index in [2.05, 4.69) is 39.9 Å². The first-order chi connectivity index (χ1) is 23.6. The van der Waals surface area contributed by atoms with E-state index in [0.717, 1.165) is 90.0 Å². The molecule has 5 aliphatic rings. The molecule has 1 unspecified atom stereocenters. The first-order valence-electron chi connectivity index (χ1n) is 20.6. The molecule has 7 nitrogen and oxygen atoms in total. The molecule has 0 saturated heterocycles. The van der Waals surface area contributed by atoms with Gasteiger partial charge in [0.25, 0.3) is 0 Å². The molecule has 1 amide bonds. The molecule has 0 aliphatic heterocycles. The van der Waals surface area contributed by atoms with E-state index in [1.807, 2.05) is 0 Å². The Morgan fingerprint density at radius 1 is 0.680 bits per heavy atom. The predicted molar refractivity (Wildman–Crippen MR) is 197 cm³/mol. The van der Waals surface area contributed by atoms with Gasteiger partial charge in [-0.15, -0.1) is 0 Å². The summed E-state index contributed by atoms with van der Waals surface area (Å²) < 4.78 is 10.7. The van der Waals surface area contributed by atoms with Gasteiger partial charge in [0.1, 0.15) is 11.9 Å². The Morgan fingerprint density at radius 3 is 1.98 bits per heavy atom. The van der Waals surface area contributed by atoms with E-state index in [9.17, 15) is 19.2 Å². The minimum atomic E-state index is -0.418. The summed E-state index contributed by atoms with van der Waals surface area (Å²) >= 11 is 0. The van der Waals surface area contributed by atoms with Crippen LogP contribution in [-0.4, -0.2) is 43.4 Å². The van der Waals surface area contributed by atoms with Gasteiger partial charge in [-0.25, -0.2) is 0 Å². The molecule has 10 atom stereocenters. The summed E-state index contributed by atoms with van der Waals surface area (Å²) in [6, 6.07) is 0. The zero-order chi connectivity index (χ0) is 36.5. The highest BCUT2D eigenvalue weighted by atomic mass is 16.5. The number of methoxy groups -OCH3 is 1. The lowest BCUT2D eigenvalue weighted by atomic mass is 9.32. The Kier molecular flexibility index (Phi) is 11.9. The van der Waals surface area contributed by atoms with Crippen LogP contribution in [0.15, 0.2) is 0 Å². The lowest BCUT2D eigenvalue weighted by Gasteiger charge is -2.72. The number of ether oxygens (including phenoxy) is 2. The molecule has 7 heteroatoms. The normalized spacial score (nSPS) is 40.0. The van der Waals surface area contributed by atoms with Crippen LogP contribution < -0.4 is 5.32 Å². The Morgan fingerprint density at radius 2 is 1.34 bits per heavy atom. The Labute approximate surface area is 303 Å². The lowest BCUT2D eigenvalue weighted by Crippen LogP contribution is -2.67. The van der Waals surface area contributed by atoms with Crippen LogP contribution in [-0.2, 0) is 28.7 Å². The van der Waals surface area contributed by atoms with Gasteiger partial charge in [0.15, 0.2) is 0 Å². The standard InChI is InChI=1S/C43H71NO6/c1-29(45)31-20-25-43(38(48)44-28-16-14-12-10-9-11-13-15-17-36(47)49-8)27-26-41(6)32(37(31)43)18-19-34-40(5)23-22-35(50-30(2)46)39(3,4)33(40)21-24-42(34,41)7/h31-35,37H,9-28H2,1-8H3,(H,44,48)/t31-,32+,33-,34+,35?,37+,40-,41+,42+,43-/m0/s1. The first-order valence-corrected chi connectivity index (χ1v) is 20.6. The predicted octanol–water partition coefficient (Wildman–Crippen LogP) is 9.39. The van der Waals surface area contributed by atoms with Gasteiger partial charge in [0, 0.05) is 31.2 Å². The molecule has 5 saturated carbocycles. The number of hydrogen-bond acceptors (Lipinski definition) is 6. The largest absolute Gasteiger partial charge is 0.469 e. The highest BCUT2D eigenvalue weighted by Gasteiger charge is 2.72. The average molecular weight is 698 g/mol. The van der Waals surface area contributed by atoms with Gasteiger partial charge in [-0.2, -0.15) is 0 Å². The van der Waals surface area contributed by atoms with Crippen LogP contribution in [0.5, 0.6) is 0 Å². The molecular weight excluding hydrogens is 626 g/mol. The fourth-order valence-electron chi connectivity index (χ4n) is 13.8. The molecule has 1 N–H and O–H groups in total. The van der Waals surface area contributed by atoms with Crippen LogP contribution in [0.25, 0.3) is 0 Å². The number of hydrogen-bond donors (Lipinski definition) is 1. The number of fused-ring (bicyclic) bond motifs is 7. The average Bonchev–Trinajstić information content (AvgIpc) is 3.46. The van der Waals surface area contributed by atoms with Crippen LogP contribution in [0, 0.1) is 56.7 Å². The van der Waals surface area contributed by atoms with Gasteiger partial charge in [0.2, 0.25) is 5.91 Å². The van der Waals surface area contributed by atoms with Crippen molar-refractivity contribution in [1.82, 2.24) is 5.32 Å². The molecule has 5 aliphatic carbocycles. The van der Waals surface area contributed by atoms with E-state index in [1.165, 1.54) is 39.2 Å². The number of unbranched alkanes of at least 4 members (excludes halogenated alkanes) is 7. The summed E-state index contributed by atoms with van der Waals surface area (Å²) in [5, 5.41) is 3.42. The van der Waals surface area contributed by atoms with Gasteiger partial charge < -0.3 is 14.8 Å². The van der Waals surface area contributed by atoms with Crippen LogP contribution in [0.2, 0.25) is 0 Å². The molecule has 50 heavy (non-hydrogen) atoms. The summed E-state index contributed by atoms with van der Waals surface area (Å²) in [6.45, 7) is 16.5. The van der Waals surface area contributed by atoms with E-state index in [0.29, 0.717) is 24.2 Å². The highest BCUT2D eigenvalue weighted by molar-refractivity contribution is 5.87. The van der Waals surface area contributed by atoms with Crippen molar-refractivity contribution in [2.75, 3.05) is 13.7 Å². The molecule has 0 bridgehead atoms. The van der Waals surface area contributed by atoms with Gasteiger partial charge >= 0.3 is 11.9 Å². The van der Waals surface area contributed by atoms with Gasteiger partial charge in [-0.05, 0) is 124 Å². The molecular formula is C43H71NO6. The maximum atomic E-state index is 14.3. The molecule has 0 heterocycles. The Hall–Kier alpha value is -1.92. The third kappa shape index (κ3) is 6.83. The summed E-state index contributed by atoms with van der Waals surface area (Å²) in [6.07, 6.45) is 19.6. The van der Waals surface area contributed by atoms with Crippen LogP contribution in [0.3, 0.4) is 0 Å². The highest BCUT2D eigenvalue weighted by Crippen LogP contribution is 2.77. The second kappa shape index (κ2) is 15.2. The molecule has 5 rings (SSSR count). The number of esters is 2. The van der Waals surface area contributed by atoms with Gasteiger partial charge in [-0.3, -0.25) is 19.2 Å². The molecule has 5 fully saturated rings. The topological polar surface area (TPSA) is 98.8 Å². The van der Waals surface area contributed by atoms with E-state index in [1.54, 1.807) is 13.8 Å². The quantitative estimate of drug-likeness (QED) is 0.143. The summed E-state index contributed by atoms with van der Waals surface area (Å²) in [5.41, 5.74) is -0.0478. The molecule has 0 aromatic carbocycles. The minimum Gasteiger partial charge on any atom is -0.469 e. The van der Waals surface area contributed by atoms with Gasteiger partial charge in [0.05, 0.1) is 12.5 Å². The SMILES string of the molecule is COC(=O)CCCCCCCCCCNC(=O)[C@]12CC[C@@H](C(C)=O)[C@@H]1[C@H]1CC[C@@H]3[C@@]4(C)CCC(OC(C)=O)C(C)(C)[C@@H]4CC[C@@]3(C)[C@]1(C)CC2. The van der Waals surface area contributed by atoms with Crippen molar-refractivity contribution in [3.05, 3.63) is 0 Å². The fourth-order valence-corrected chi connectivity index (χ4v) is 13.8. The van der Waals surface area contributed by atoms with Crippen molar-refractivity contribution in [2.24, 2.45) is 56.7 Å². The molecule has 0 aromatic rings. The van der Waals surface area contributed by atoms with Crippen molar-refractivity contribution in [1.29, 1.82) is 0 Å². The van der Waals surface area contributed by atoms with Crippen molar-refractivity contribution in [3.63, 3.8) is 0 Å². The molecule has 0 radical (unpaired) electrons. The zero-order valence-electron chi connectivity index (χ0n) is 33.1. The fraction of sp³-hybridized carbons (Fsp3) is 0.907. The van der Waals surface area contributed by atoms with Gasteiger partial charge in [-0.1, -0.05) is 73.1 Å². The van der Waals surface area contributed by atoms with Crippen molar-refractivity contribution >= 4 is 23.6 Å². The molecule has 0 spiro atoms. The van der Waals surface area contributed by atoms with Crippen LogP contribution in [0.4, 0.5) is 0 Å². The number of ketones is 1. The number of carbonyl (C=O) groups excluding carboxylic acids is 4. The van der Waals surface area contributed by atoms with E-state index in [4.69, 9.17) is 9.47 Å². The second-order valence-electron chi connectivity index (χ2n) is 19.0. The first kappa shape index (κ1) is 39.3. The van der Waals surface area contributed by atoms with Crippen molar-refractivity contribution < 1.29 is 28.7 Å². The third-order valence-corrected chi connectivity index (χ3v) is 16.5. The number of nitrogens with one attached hydrogen (secondary N) is 1. The lowest BCUT2D eigenvalue weighted by molar-refractivity contribution is -0.249.